The number of hydrogen-bond acceptors (Lipinski definition) is 5. The number of carbonyl (C=O) groups is 3. The van der Waals surface area contributed by atoms with Crippen molar-refractivity contribution in [3.63, 3.8) is 0 Å². The number of Topliss-reactive ketones (excluding diaryl/α,β-unsaturated/α-hetero) is 1. The molecule has 0 aromatic heterocycles. The molecule has 0 radical (unpaired) electrons. The summed E-state index contributed by atoms with van der Waals surface area (Å²) < 4.78 is 25.2. The number of hydrogen-bond donors (Lipinski definition) is 0. The predicted molar refractivity (Wildman–Crippen MR) is 125 cm³/mol. The van der Waals surface area contributed by atoms with Crippen molar-refractivity contribution in [1.29, 1.82) is 0 Å². The molecule has 3 aromatic carbocycles. The number of ether oxygens (including phenoxy) is 2. The van der Waals surface area contributed by atoms with Crippen LogP contribution in [-0.4, -0.2) is 42.8 Å². The van der Waals surface area contributed by atoms with E-state index in [4.69, 9.17) is 9.47 Å². The van der Waals surface area contributed by atoms with Crippen LogP contribution in [0.15, 0.2) is 54.6 Å². The first-order valence-corrected chi connectivity index (χ1v) is 10.8. The van der Waals surface area contributed by atoms with Gasteiger partial charge in [-0.15, -0.1) is 0 Å². The summed E-state index contributed by atoms with van der Waals surface area (Å²) in [6.45, 7) is 3.74. The molecule has 34 heavy (non-hydrogen) atoms. The van der Waals surface area contributed by atoms with Gasteiger partial charge in [0.1, 0.15) is 18.2 Å². The van der Waals surface area contributed by atoms with E-state index in [1.54, 1.807) is 17.0 Å². The van der Waals surface area contributed by atoms with Crippen molar-refractivity contribution in [2.24, 2.45) is 0 Å². The fraction of sp³-hybridized carbons (Fsp3) is 0.222. The van der Waals surface area contributed by atoms with E-state index in [-0.39, 0.29) is 34.9 Å². The molecule has 0 spiro atoms. The van der Waals surface area contributed by atoms with Crippen molar-refractivity contribution in [2.45, 2.75) is 20.4 Å². The van der Waals surface area contributed by atoms with Crippen molar-refractivity contribution in [2.75, 3.05) is 20.3 Å². The minimum atomic E-state index is -0.664. The third-order valence-electron chi connectivity index (χ3n) is 5.96. The maximum atomic E-state index is 14.7. The number of carbonyl (C=O) groups excluding carboxylic acids is 3. The Morgan fingerprint density at radius 2 is 1.65 bits per heavy atom. The zero-order valence-corrected chi connectivity index (χ0v) is 19.2. The molecule has 1 aliphatic rings. The molecule has 0 saturated heterocycles. The summed E-state index contributed by atoms with van der Waals surface area (Å²) in [5, 5.41) is 0. The van der Waals surface area contributed by atoms with Crippen LogP contribution in [0.5, 0.6) is 5.75 Å². The summed E-state index contributed by atoms with van der Waals surface area (Å²) in [5.74, 6) is -1.10. The van der Waals surface area contributed by atoms with Crippen LogP contribution >= 0.6 is 0 Å². The Hall–Kier alpha value is -4.00. The molecule has 0 fully saturated rings. The van der Waals surface area contributed by atoms with Gasteiger partial charge in [0.15, 0.2) is 5.78 Å². The van der Waals surface area contributed by atoms with Crippen molar-refractivity contribution in [3.8, 4) is 16.9 Å². The molecule has 0 aliphatic carbocycles. The number of fused-ring (bicyclic) bond motifs is 1. The molecule has 4 rings (SSSR count). The lowest BCUT2D eigenvalue weighted by Crippen LogP contribution is -2.33. The van der Waals surface area contributed by atoms with Crippen LogP contribution in [0.3, 0.4) is 0 Å². The molecule has 0 atom stereocenters. The van der Waals surface area contributed by atoms with Gasteiger partial charge in [-0.05, 0) is 66.9 Å². The van der Waals surface area contributed by atoms with Gasteiger partial charge >= 0.3 is 5.97 Å². The number of benzene rings is 3. The van der Waals surface area contributed by atoms with Crippen LogP contribution < -0.4 is 4.74 Å². The van der Waals surface area contributed by atoms with E-state index >= 15 is 0 Å². The average molecular weight is 461 g/mol. The van der Waals surface area contributed by atoms with Gasteiger partial charge in [-0.1, -0.05) is 18.2 Å². The molecule has 6 nitrogen and oxygen atoms in total. The Bertz CT molecular complexity index is 1280. The van der Waals surface area contributed by atoms with Gasteiger partial charge < -0.3 is 14.4 Å². The second-order valence-electron chi connectivity index (χ2n) is 8.12. The lowest BCUT2D eigenvalue weighted by molar-refractivity contribution is 0.0600. The van der Waals surface area contributed by atoms with Gasteiger partial charge in [0.2, 0.25) is 0 Å². The third kappa shape index (κ3) is 4.41. The van der Waals surface area contributed by atoms with E-state index in [2.05, 4.69) is 0 Å². The Morgan fingerprint density at radius 3 is 2.32 bits per heavy atom. The lowest BCUT2D eigenvalue weighted by Gasteiger charge is -2.21. The zero-order valence-electron chi connectivity index (χ0n) is 19.2. The second-order valence-corrected chi connectivity index (χ2v) is 8.12. The van der Waals surface area contributed by atoms with Crippen LogP contribution in [0.25, 0.3) is 11.1 Å². The van der Waals surface area contributed by atoms with E-state index in [1.807, 2.05) is 30.3 Å². The third-order valence-corrected chi connectivity index (χ3v) is 5.96. The highest BCUT2D eigenvalue weighted by molar-refractivity contribution is 5.99. The fourth-order valence-electron chi connectivity index (χ4n) is 4.02. The number of methoxy groups -OCH3 is 1. The van der Waals surface area contributed by atoms with Gasteiger partial charge in [0.05, 0.1) is 24.8 Å². The molecule has 0 unspecified atom stereocenters. The SMILES string of the molecule is COC(=O)c1ccc(-c2ccc3c(c2)CN(C(=O)c2ccc(C(C)=O)c(F)c2C)CCO3)cc1. The molecule has 0 bridgehead atoms. The van der Waals surface area contributed by atoms with E-state index in [1.165, 1.54) is 33.1 Å². The second kappa shape index (κ2) is 9.47. The highest BCUT2D eigenvalue weighted by atomic mass is 19.1. The standard InChI is InChI=1S/C27H24FNO5/c1-16-22(9-10-23(17(2)30)25(16)28)26(31)29-12-13-34-24-11-8-20(14-21(24)15-29)18-4-6-19(7-5-18)27(32)33-3/h4-11,14H,12-13,15H2,1-3H3. The first kappa shape index (κ1) is 23.2. The van der Waals surface area contributed by atoms with Crippen LogP contribution in [0.1, 0.15) is 49.1 Å². The number of rotatable bonds is 4. The van der Waals surface area contributed by atoms with E-state index in [9.17, 15) is 18.8 Å². The molecule has 1 heterocycles. The molecular formula is C27H24FNO5. The molecule has 1 amide bonds. The normalized spacial score (nSPS) is 12.9. The predicted octanol–water partition coefficient (Wildman–Crippen LogP) is 4.83. The maximum Gasteiger partial charge on any atom is 0.337 e. The summed E-state index contributed by atoms with van der Waals surface area (Å²) in [6.07, 6.45) is 0. The molecule has 7 heteroatoms. The quantitative estimate of drug-likeness (QED) is 0.411. The highest BCUT2D eigenvalue weighted by Crippen LogP contribution is 2.30. The van der Waals surface area contributed by atoms with Crippen LogP contribution in [0, 0.1) is 12.7 Å². The summed E-state index contributed by atoms with van der Waals surface area (Å²) in [6, 6.07) is 15.6. The molecule has 174 valence electrons. The lowest BCUT2D eigenvalue weighted by atomic mass is 9.99. The number of nitrogens with zero attached hydrogens (tertiary/aromatic N) is 1. The van der Waals surface area contributed by atoms with Crippen molar-refractivity contribution in [1.82, 2.24) is 4.90 Å². The van der Waals surface area contributed by atoms with Gasteiger partial charge in [-0.25, -0.2) is 9.18 Å². The monoisotopic (exact) mass is 461 g/mol. The largest absolute Gasteiger partial charge is 0.491 e. The van der Waals surface area contributed by atoms with Gasteiger partial charge in [0, 0.05) is 17.7 Å². The van der Waals surface area contributed by atoms with E-state index in [0.717, 1.165) is 16.7 Å². The van der Waals surface area contributed by atoms with Crippen LogP contribution in [0.2, 0.25) is 0 Å². The molecule has 0 saturated carbocycles. The molecular weight excluding hydrogens is 437 g/mol. The van der Waals surface area contributed by atoms with E-state index in [0.29, 0.717) is 24.5 Å². The number of esters is 1. The Labute approximate surface area is 196 Å². The molecule has 3 aromatic rings. The summed E-state index contributed by atoms with van der Waals surface area (Å²) in [7, 11) is 1.34. The van der Waals surface area contributed by atoms with E-state index < -0.39 is 11.8 Å². The van der Waals surface area contributed by atoms with Gasteiger partial charge in [-0.3, -0.25) is 9.59 Å². The fourth-order valence-corrected chi connectivity index (χ4v) is 4.02. The Kier molecular flexibility index (Phi) is 6.45. The first-order valence-electron chi connectivity index (χ1n) is 10.8. The number of amides is 1. The Morgan fingerprint density at radius 1 is 0.971 bits per heavy atom. The minimum absolute atomic E-state index is 0.0264. The topological polar surface area (TPSA) is 72.9 Å². The molecule has 0 N–H and O–H groups in total. The smallest absolute Gasteiger partial charge is 0.337 e. The summed E-state index contributed by atoms with van der Waals surface area (Å²) >= 11 is 0. The van der Waals surface area contributed by atoms with Crippen molar-refractivity contribution >= 4 is 17.7 Å². The number of halogens is 1. The van der Waals surface area contributed by atoms with Crippen LogP contribution in [-0.2, 0) is 11.3 Å². The zero-order chi connectivity index (χ0) is 24.4. The van der Waals surface area contributed by atoms with Crippen molar-refractivity contribution in [3.05, 3.63) is 88.2 Å². The Balaban J connectivity index is 1.62. The first-order chi connectivity index (χ1) is 16.3. The highest BCUT2D eigenvalue weighted by Gasteiger charge is 2.25. The average Bonchev–Trinajstić information content (AvgIpc) is 3.06. The van der Waals surface area contributed by atoms with Gasteiger partial charge in [0.25, 0.3) is 5.91 Å². The van der Waals surface area contributed by atoms with Gasteiger partial charge in [-0.2, -0.15) is 0 Å². The maximum absolute atomic E-state index is 14.7. The van der Waals surface area contributed by atoms with Crippen LogP contribution in [0.4, 0.5) is 4.39 Å². The minimum Gasteiger partial charge on any atom is -0.491 e. The summed E-state index contributed by atoms with van der Waals surface area (Å²) in [5.41, 5.74) is 3.43. The molecule has 1 aliphatic heterocycles. The van der Waals surface area contributed by atoms with Crippen molar-refractivity contribution < 1.29 is 28.2 Å². The number of ketones is 1. The summed E-state index contributed by atoms with van der Waals surface area (Å²) in [4.78, 5) is 38.2.